The van der Waals surface area contributed by atoms with Crippen LogP contribution in [-0.2, 0) is 4.79 Å². The normalized spacial score (nSPS) is 41.2. The van der Waals surface area contributed by atoms with Gasteiger partial charge in [-0.2, -0.15) is 0 Å². The van der Waals surface area contributed by atoms with Gasteiger partial charge in [-0.1, -0.05) is 0 Å². The molecule has 2 aliphatic rings. The lowest BCUT2D eigenvalue weighted by atomic mass is 9.56. The molecule has 0 saturated heterocycles. The Balaban J connectivity index is 2.01. The van der Waals surface area contributed by atoms with Crippen LogP contribution in [0.4, 0.5) is 0 Å². The van der Waals surface area contributed by atoms with Gasteiger partial charge in [-0.3, -0.25) is 4.79 Å². The van der Waals surface area contributed by atoms with Crippen molar-refractivity contribution in [3.63, 3.8) is 0 Å². The van der Waals surface area contributed by atoms with E-state index in [0.717, 1.165) is 24.7 Å². The van der Waals surface area contributed by atoms with Crippen molar-refractivity contribution < 1.29 is 9.90 Å². The fourth-order valence-electron chi connectivity index (χ4n) is 3.18. The summed E-state index contributed by atoms with van der Waals surface area (Å²) in [6.45, 7) is 0.544. The smallest absolute Gasteiger partial charge is 0.303 e. The third-order valence-electron chi connectivity index (χ3n) is 4.27. The van der Waals surface area contributed by atoms with Crippen molar-refractivity contribution in [1.29, 1.82) is 0 Å². The van der Waals surface area contributed by atoms with Crippen molar-refractivity contribution in [2.45, 2.75) is 38.5 Å². The molecule has 3 nitrogen and oxygen atoms in total. The van der Waals surface area contributed by atoms with Crippen molar-refractivity contribution in [3.8, 4) is 0 Å². The van der Waals surface area contributed by atoms with E-state index in [1.165, 1.54) is 19.3 Å². The molecule has 3 N–H and O–H groups in total. The summed E-state index contributed by atoms with van der Waals surface area (Å²) in [6, 6.07) is 0. The van der Waals surface area contributed by atoms with Crippen LogP contribution in [0.15, 0.2) is 0 Å². The van der Waals surface area contributed by atoms with E-state index in [-0.39, 0.29) is 11.8 Å². The Bertz CT molecular complexity index is 241. The van der Waals surface area contributed by atoms with Crippen LogP contribution in [0.2, 0.25) is 0 Å². The predicted octanol–water partition coefficient (Wildman–Crippen LogP) is 1.62. The molecule has 0 spiro atoms. The van der Waals surface area contributed by atoms with E-state index in [0.29, 0.717) is 6.54 Å². The molecule has 0 radical (unpaired) electrons. The molecule has 0 unspecified atom stereocenters. The lowest BCUT2D eigenvalue weighted by Gasteiger charge is -2.49. The highest BCUT2D eigenvalue weighted by molar-refractivity contribution is 5.67. The minimum atomic E-state index is -0.687. The second-order valence-electron chi connectivity index (χ2n) is 5.11. The molecule has 0 aromatic carbocycles. The van der Waals surface area contributed by atoms with Gasteiger partial charge in [0.2, 0.25) is 0 Å². The Labute approximate surface area is 84.7 Å². The van der Waals surface area contributed by atoms with Gasteiger partial charge in [0.15, 0.2) is 0 Å². The largest absolute Gasteiger partial charge is 0.481 e. The molecule has 0 aromatic rings. The number of carboxylic acids is 1. The molecule has 2 aliphatic carbocycles. The van der Waals surface area contributed by atoms with Gasteiger partial charge in [0, 0.05) is 0 Å². The van der Waals surface area contributed by atoms with E-state index in [4.69, 9.17) is 10.8 Å². The summed E-state index contributed by atoms with van der Waals surface area (Å²) in [6.07, 6.45) is 6.21. The highest BCUT2D eigenvalue weighted by atomic mass is 16.4. The molecule has 14 heavy (non-hydrogen) atoms. The van der Waals surface area contributed by atoms with Crippen LogP contribution in [0.3, 0.4) is 0 Å². The summed E-state index contributed by atoms with van der Waals surface area (Å²) < 4.78 is 0. The van der Waals surface area contributed by atoms with E-state index < -0.39 is 5.97 Å². The van der Waals surface area contributed by atoms with Crippen LogP contribution in [0.1, 0.15) is 38.5 Å². The van der Waals surface area contributed by atoms with Crippen LogP contribution in [0.25, 0.3) is 0 Å². The third-order valence-corrected chi connectivity index (χ3v) is 4.27. The summed E-state index contributed by atoms with van der Waals surface area (Å²) in [4.78, 5) is 10.8. The number of hydrogen-bond acceptors (Lipinski definition) is 2. The zero-order valence-corrected chi connectivity index (χ0v) is 8.54. The Hall–Kier alpha value is -0.570. The average molecular weight is 197 g/mol. The predicted molar refractivity (Wildman–Crippen MR) is 53.8 cm³/mol. The SMILES string of the molecule is NC[C@@]1(CC(=O)O)CC[C@@H]2CC[C@@H]2C1. The van der Waals surface area contributed by atoms with Gasteiger partial charge in [0.05, 0.1) is 6.42 Å². The van der Waals surface area contributed by atoms with Crippen LogP contribution >= 0.6 is 0 Å². The van der Waals surface area contributed by atoms with Gasteiger partial charge in [0.1, 0.15) is 0 Å². The number of carboxylic acid groups (broad SMARTS) is 1. The number of nitrogens with two attached hydrogens (primary N) is 1. The minimum Gasteiger partial charge on any atom is -0.481 e. The number of aliphatic carboxylic acids is 1. The van der Waals surface area contributed by atoms with Gasteiger partial charge in [-0.15, -0.1) is 0 Å². The molecule has 0 heterocycles. The molecule has 0 bridgehead atoms. The first-order valence-electron chi connectivity index (χ1n) is 5.57. The molecule has 3 heteroatoms. The minimum absolute atomic E-state index is 0.0760. The highest BCUT2D eigenvalue weighted by Gasteiger charge is 2.44. The molecule has 2 fully saturated rings. The number of rotatable bonds is 3. The molecular formula is C11H19NO2. The van der Waals surface area contributed by atoms with Crippen molar-refractivity contribution in [3.05, 3.63) is 0 Å². The third kappa shape index (κ3) is 1.65. The lowest BCUT2D eigenvalue weighted by molar-refractivity contribution is -0.141. The Morgan fingerprint density at radius 1 is 1.36 bits per heavy atom. The van der Waals surface area contributed by atoms with Crippen LogP contribution in [0.5, 0.6) is 0 Å². The van der Waals surface area contributed by atoms with E-state index in [1.54, 1.807) is 0 Å². The van der Waals surface area contributed by atoms with Gasteiger partial charge >= 0.3 is 5.97 Å². The van der Waals surface area contributed by atoms with Crippen LogP contribution in [-0.4, -0.2) is 17.6 Å². The van der Waals surface area contributed by atoms with Crippen molar-refractivity contribution >= 4 is 5.97 Å². The quantitative estimate of drug-likeness (QED) is 0.722. The lowest BCUT2D eigenvalue weighted by Crippen LogP contribution is -2.44. The maximum absolute atomic E-state index is 10.8. The first kappa shape index (κ1) is 9.97. The van der Waals surface area contributed by atoms with E-state index in [2.05, 4.69) is 0 Å². The summed E-state index contributed by atoms with van der Waals surface area (Å²) >= 11 is 0. The Morgan fingerprint density at radius 2 is 2.07 bits per heavy atom. The summed E-state index contributed by atoms with van der Waals surface area (Å²) in [5.41, 5.74) is 5.68. The number of carbonyl (C=O) groups is 1. The fraction of sp³-hybridized carbons (Fsp3) is 0.909. The molecule has 80 valence electrons. The van der Waals surface area contributed by atoms with E-state index in [9.17, 15) is 4.79 Å². The molecule has 0 amide bonds. The second kappa shape index (κ2) is 3.54. The molecule has 0 aromatic heterocycles. The van der Waals surface area contributed by atoms with Crippen molar-refractivity contribution in [2.24, 2.45) is 23.0 Å². The van der Waals surface area contributed by atoms with Gasteiger partial charge in [0.25, 0.3) is 0 Å². The zero-order chi connectivity index (χ0) is 10.2. The van der Waals surface area contributed by atoms with Gasteiger partial charge in [-0.25, -0.2) is 0 Å². The fourth-order valence-corrected chi connectivity index (χ4v) is 3.18. The maximum atomic E-state index is 10.8. The summed E-state index contributed by atoms with van der Waals surface area (Å²) in [5.74, 6) is 0.989. The van der Waals surface area contributed by atoms with Crippen molar-refractivity contribution in [2.75, 3.05) is 6.54 Å². The van der Waals surface area contributed by atoms with Gasteiger partial charge in [-0.05, 0) is 55.9 Å². The molecule has 0 aliphatic heterocycles. The molecule has 3 atom stereocenters. The van der Waals surface area contributed by atoms with Crippen LogP contribution in [0, 0.1) is 17.3 Å². The number of fused-ring (bicyclic) bond motifs is 1. The molecule has 2 rings (SSSR count). The number of hydrogen-bond donors (Lipinski definition) is 2. The summed E-state index contributed by atoms with van der Waals surface area (Å²) in [7, 11) is 0. The Kier molecular flexibility index (Phi) is 2.52. The second-order valence-corrected chi connectivity index (χ2v) is 5.11. The van der Waals surface area contributed by atoms with E-state index in [1.807, 2.05) is 0 Å². The standard InChI is InChI=1S/C11H19NO2/c12-7-11(6-10(13)14)4-3-8-1-2-9(8)5-11/h8-9H,1-7,12H2,(H,13,14)/t8-,9+,11-/m0/s1. The first-order valence-corrected chi connectivity index (χ1v) is 5.57. The summed E-state index contributed by atoms with van der Waals surface area (Å²) in [5, 5.41) is 8.88. The average Bonchev–Trinajstić information content (AvgIpc) is 2.09. The molecular weight excluding hydrogens is 178 g/mol. The Morgan fingerprint density at radius 3 is 2.50 bits per heavy atom. The monoisotopic (exact) mass is 197 g/mol. The van der Waals surface area contributed by atoms with E-state index >= 15 is 0 Å². The van der Waals surface area contributed by atoms with Crippen LogP contribution < -0.4 is 5.73 Å². The highest BCUT2D eigenvalue weighted by Crippen LogP contribution is 2.52. The molecule has 2 saturated carbocycles. The van der Waals surface area contributed by atoms with Gasteiger partial charge < -0.3 is 10.8 Å². The first-order chi connectivity index (χ1) is 6.65. The topological polar surface area (TPSA) is 63.3 Å². The zero-order valence-electron chi connectivity index (χ0n) is 8.54. The van der Waals surface area contributed by atoms with Crippen molar-refractivity contribution in [1.82, 2.24) is 0 Å². The maximum Gasteiger partial charge on any atom is 0.303 e.